The van der Waals surface area contributed by atoms with Gasteiger partial charge in [0.15, 0.2) is 0 Å². The molecular formula is C24H23N3O. The van der Waals surface area contributed by atoms with Crippen LogP contribution in [0.4, 0.5) is 0 Å². The first-order chi connectivity index (χ1) is 13.5. The van der Waals surface area contributed by atoms with E-state index in [0.717, 1.165) is 33.4 Å². The van der Waals surface area contributed by atoms with Crippen LogP contribution in [0.3, 0.4) is 0 Å². The summed E-state index contributed by atoms with van der Waals surface area (Å²) in [6.07, 6.45) is 5.83. The molecule has 4 heteroatoms. The summed E-state index contributed by atoms with van der Waals surface area (Å²) in [6.45, 7) is 4.89. The second-order valence-electron chi connectivity index (χ2n) is 7.23. The van der Waals surface area contributed by atoms with Gasteiger partial charge in [0.2, 0.25) is 0 Å². The van der Waals surface area contributed by atoms with Crippen molar-refractivity contribution < 1.29 is 0 Å². The lowest BCUT2D eigenvalue weighted by Gasteiger charge is -2.15. The van der Waals surface area contributed by atoms with E-state index in [1.54, 1.807) is 17.7 Å². The minimum atomic E-state index is -0.0157. The van der Waals surface area contributed by atoms with Crippen molar-refractivity contribution in [3.63, 3.8) is 0 Å². The third kappa shape index (κ3) is 3.41. The lowest BCUT2D eigenvalue weighted by atomic mass is 9.91. The molecule has 4 rings (SSSR count). The monoisotopic (exact) mass is 369 g/mol. The van der Waals surface area contributed by atoms with Crippen LogP contribution in [0.1, 0.15) is 16.7 Å². The van der Waals surface area contributed by atoms with E-state index in [4.69, 9.17) is 0 Å². The van der Waals surface area contributed by atoms with Crippen molar-refractivity contribution in [1.82, 2.24) is 14.3 Å². The van der Waals surface area contributed by atoms with Gasteiger partial charge in [-0.2, -0.15) is 5.10 Å². The van der Waals surface area contributed by atoms with Gasteiger partial charge in [0, 0.05) is 36.6 Å². The average molecular weight is 369 g/mol. The molecule has 140 valence electrons. The molecule has 0 atom stereocenters. The van der Waals surface area contributed by atoms with Crippen LogP contribution in [0.5, 0.6) is 0 Å². The zero-order valence-corrected chi connectivity index (χ0v) is 16.4. The molecule has 4 nitrogen and oxygen atoms in total. The largest absolute Gasteiger partial charge is 0.318 e. The highest BCUT2D eigenvalue weighted by Crippen LogP contribution is 2.34. The maximum atomic E-state index is 12.4. The second-order valence-corrected chi connectivity index (χ2v) is 7.23. The third-order valence-electron chi connectivity index (χ3n) is 5.11. The predicted molar refractivity (Wildman–Crippen MR) is 113 cm³/mol. The molecule has 0 aliphatic rings. The molecule has 0 bridgehead atoms. The predicted octanol–water partition coefficient (Wildman–Crippen LogP) is 4.58. The minimum Gasteiger partial charge on any atom is -0.318 e. The molecule has 0 fully saturated rings. The summed E-state index contributed by atoms with van der Waals surface area (Å²) in [5.41, 5.74) is 7.59. The summed E-state index contributed by atoms with van der Waals surface area (Å²) in [4.78, 5) is 12.4. The Balaban J connectivity index is 1.82. The van der Waals surface area contributed by atoms with Gasteiger partial charge in [-0.05, 0) is 41.7 Å². The van der Waals surface area contributed by atoms with Gasteiger partial charge in [-0.15, -0.1) is 0 Å². The summed E-state index contributed by atoms with van der Waals surface area (Å²) in [6, 6.07) is 18.2. The summed E-state index contributed by atoms with van der Waals surface area (Å²) in [5, 5.41) is 4.55. The molecule has 0 unspecified atom stereocenters. The van der Waals surface area contributed by atoms with Gasteiger partial charge >= 0.3 is 0 Å². The van der Waals surface area contributed by atoms with Gasteiger partial charge in [-0.3, -0.25) is 9.48 Å². The molecule has 4 aromatic rings. The highest BCUT2D eigenvalue weighted by molar-refractivity contribution is 5.85. The number of nitrogens with zero attached hydrogens (tertiary/aromatic N) is 3. The first-order valence-electron chi connectivity index (χ1n) is 9.37. The van der Waals surface area contributed by atoms with Gasteiger partial charge in [0.1, 0.15) is 0 Å². The number of hydrogen-bond donors (Lipinski definition) is 0. The normalized spacial score (nSPS) is 11.0. The Hall–Kier alpha value is -3.40. The highest BCUT2D eigenvalue weighted by atomic mass is 16.1. The lowest BCUT2D eigenvalue weighted by Crippen LogP contribution is -2.15. The second kappa shape index (κ2) is 7.31. The van der Waals surface area contributed by atoms with Crippen LogP contribution in [-0.4, -0.2) is 14.3 Å². The average Bonchev–Trinajstić information content (AvgIpc) is 3.13. The zero-order valence-electron chi connectivity index (χ0n) is 16.4. The fraction of sp³-hybridized carbons (Fsp3) is 0.167. The SMILES string of the molecule is Cc1cccc(C)c1-c1cc(=O)n(C)cc1-c1cnn(Cc2ccccc2)c1. The first kappa shape index (κ1) is 18.0. The number of rotatable bonds is 4. The zero-order chi connectivity index (χ0) is 19.7. The van der Waals surface area contributed by atoms with Crippen molar-refractivity contribution in [2.24, 2.45) is 7.05 Å². The highest BCUT2D eigenvalue weighted by Gasteiger charge is 2.15. The molecule has 0 aliphatic heterocycles. The molecule has 0 aliphatic carbocycles. The van der Waals surface area contributed by atoms with Gasteiger partial charge in [-0.1, -0.05) is 48.5 Å². The van der Waals surface area contributed by atoms with E-state index >= 15 is 0 Å². The fourth-order valence-corrected chi connectivity index (χ4v) is 3.67. The number of aryl methyl sites for hydroxylation is 3. The summed E-state index contributed by atoms with van der Waals surface area (Å²) >= 11 is 0. The number of aromatic nitrogens is 3. The maximum absolute atomic E-state index is 12.4. The Morgan fingerprint density at radius 3 is 2.32 bits per heavy atom. The quantitative estimate of drug-likeness (QED) is 0.528. The van der Waals surface area contributed by atoms with Gasteiger partial charge in [0.25, 0.3) is 5.56 Å². The van der Waals surface area contributed by atoms with Crippen molar-refractivity contribution in [3.8, 4) is 22.3 Å². The molecule has 0 saturated heterocycles. The van der Waals surface area contributed by atoms with Gasteiger partial charge in [0.05, 0.1) is 12.7 Å². The third-order valence-corrected chi connectivity index (χ3v) is 5.11. The molecule has 2 aromatic carbocycles. The Bertz CT molecular complexity index is 1170. The Morgan fingerprint density at radius 1 is 0.893 bits per heavy atom. The Morgan fingerprint density at radius 2 is 1.61 bits per heavy atom. The van der Waals surface area contributed by atoms with Crippen LogP contribution < -0.4 is 5.56 Å². The van der Waals surface area contributed by atoms with Crippen molar-refractivity contribution in [1.29, 1.82) is 0 Å². The van der Waals surface area contributed by atoms with Crippen LogP contribution in [0.2, 0.25) is 0 Å². The van der Waals surface area contributed by atoms with E-state index in [0.29, 0.717) is 6.54 Å². The smallest absolute Gasteiger partial charge is 0.250 e. The van der Waals surface area contributed by atoms with Crippen molar-refractivity contribution >= 4 is 0 Å². The summed E-state index contributed by atoms with van der Waals surface area (Å²) < 4.78 is 3.56. The van der Waals surface area contributed by atoms with E-state index < -0.39 is 0 Å². The number of benzene rings is 2. The molecule has 2 aromatic heterocycles. The van der Waals surface area contributed by atoms with Crippen LogP contribution in [-0.2, 0) is 13.6 Å². The Kier molecular flexibility index (Phi) is 4.70. The van der Waals surface area contributed by atoms with Crippen molar-refractivity contribution in [3.05, 3.63) is 100 Å². The maximum Gasteiger partial charge on any atom is 0.250 e. The molecule has 0 radical (unpaired) electrons. The van der Waals surface area contributed by atoms with E-state index in [2.05, 4.69) is 43.2 Å². The molecule has 0 spiro atoms. The van der Waals surface area contributed by atoms with Crippen LogP contribution in [0.25, 0.3) is 22.3 Å². The first-order valence-corrected chi connectivity index (χ1v) is 9.37. The van der Waals surface area contributed by atoms with E-state index in [1.165, 1.54) is 5.56 Å². The topological polar surface area (TPSA) is 39.8 Å². The molecule has 0 amide bonds. The van der Waals surface area contributed by atoms with E-state index in [-0.39, 0.29) is 5.56 Å². The molecule has 0 N–H and O–H groups in total. The van der Waals surface area contributed by atoms with Crippen LogP contribution >= 0.6 is 0 Å². The van der Waals surface area contributed by atoms with Crippen molar-refractivity contribution in [2.75, 3.05) is 0 Å². The molecular weight excluding hydrogens is 346 g/mol. The number of hydrogen-bond acceptors (Lipinski definition) is 2. The van der Waals surface area contributed by atoms with Gasteiger partial charge < -0.3 is 4.57 Å². The van der Waals surface area contributed by atoms with E-state index in [9.17, 15) is 4.79 Å². The van der Waals surface area contributed by atoms with Crippen LogP contribution in [0.15, 0.2) is 78.0 Å². The summed E-state index contributed by atoms with van der Waals surface area (Å²) in [5.74, 6) is 0. The standard InChI is InChI=1S/C24H23N3O/c1-17-8-7-9-18(2)24(17)21-12-23(28)26(3)16-22(21)20-13-25-27(15-20)14-19-10-5-4-6-11-19/h4-13,15-16H,14H2,1-3H3. The molecule has 0 saturated carbocycles. The fourth-order valence-electron chi connectivity index (χ4n) is 3.67. The van der Waals surface area contributed by atoms with E-state index in [1.807, 2.05) is 47.5 Å². The molecule has 2 heterocycles. The van der Waals surface area contributed by atoms with Gasteiger partial charge in [-0.25, -0.2) is 0 Å². The van der Waals surface area contributed by atoms with Crippen LogP contribution in [0, 0.1) is 13.8 Å². The summed E-state index contributed by atoms with van der Waals surface area (Å²) in [7, 11) is 1.79. The lowest BCUT2D eigenvalue weighted by molar-refractivity contribution is 0.687. The molecule has 28 heavy (non-hydrogen) atoms. The number of pyridine rings is 1. The van der Waals surface area contributed by atoms with Crippen molar-refractivity contribution in [2.45, 2.75) is 20.4 Å². The Labute approximate surface area is 164 Å². The minimum absolute atomic E-state index is 0.0157.